The van der Waals surface area contributed by atoms with E-state index in [-0.39, 0.29) is 0 Å². The fraction of sp³-hybridized carbons (Fsp3) is 0.500. The van der Waals surface area contributed by atoms with E-state index in [2.05, 4.69) is 0 Å². The van der Waals surface area contributed by atoms with Crippen molar-refractivity contribution in [2.75, 3.05) is 12.4 Å². The molecule has 1 amide bonds. The van der Waals surface area contributed by atoms with Crippen molar-refractivity contribution in [3.8, 4) is 0 Å². The lowest BCUT2D eigenvalue weighted by molar-refractivity contribution is -0.113. The van der Waals surface area contributed by atoms with Crippen LogP contribution in [0.3, 0.4) is 0 Å². The Labute approximate surface area is 89.6 Å². The molecule has 2 N–H and O–H groups in total. The summed E-state index contributed by atoms with van der Waals surface area (Å²) in [4.78, 5) is 10.1. The number of hydrogen-bond acceptors (Lipinski definition) is 3. The molecule has 1 saturated heterocycles. The van der Waals surface area contributed by atoms with E-state index in [4.69, 9.17) is 9.92 Å². The summed E-state index contributed by atoms with van der Waals surface area (Å²) in [6, 6.07) is 0. The van der Waals surface area contributed by atoms with Crippen LogP contribution in [0.2, 0.25) is 0 Å². The fourth-order valence-corrected chi connectivity index (χ4v) is 1.25. The molecule has 0 radical (unpaired) electrons. The number of hydrogen-bond donors (Lipinski definition) is 1. The SMILES string of the molecule is C1COSC1.CCC=CC=CC(N)=O. The third-order valence-electron chi connectivity index (χ3n) is 1.28. The van der Waals surface area contributed by atoms with E-state index in [1.165, 1.54) is 18.2 Å². The van der Waals surface area contributed by atoms with Gasteiger partial charge in [0, 0.05) is 11.8 Å². The zero-order valence-electron chi connectivity index (χ0n) is 8.44. The highest BCUT2D eigenvalue weighted by atomic mass is 32.2. The number of nitrogens with two attached hydrogens (primary N) is 1. The van der Waals surface area contributed by atoms with E-state index in [9.17, 15) is 4.79 Å². The van der Waals surface area contributed by atoms with Gasteiger partial charge in [0.25, 0.3) is 0 Å². The first-order valence-corrected chi connectivity index (χ1v) is 5.55. The van der Waals surface area contributed by atoms with Gasteiger partial charge in [-0.3, -0.25) is 4.79 Å². The maximum atomic E-state index is 10.1. The molecule has 0 aromatic heterocycles. The van der Waals surface area contributed by atoms with Crippen LogP contribution in [0.4, 0.5) is 0 Å². The van der Waals surface area contributed by atoms with Crippen LogP contribution < -0.4 is 5.73 Å². The Morgan fingerprint density at radius 3 is 2.71 bits per heavy atom. The van der Waals surface area contributed by atoms with Gasteiger partial charge in [0.2, 0.25) is 5.91 Å². The Morgan fingerprint density at radius 2 is 2.36 bits per heavy atom. The maximum absolute atomic E-state index is 10.1. The molecule has 0 bridgehead atoms. The molecule has 0 saturated carbocycles. The standard InChI is InChI=1S/C7H11NO.C3H6OS/c1-2-3-4-5-6-7(8)9;1-2-4-5-3-1/h3-6H,2H2,1H3,(H2,8,9);1-3H2. The van der Waals surface area contributed by atoms with Crippen LogP contribution >= 0.6 is 12.0 Å². The molecule has 14 heavy (non-hydrogen) atoms. The smallest absolute Gasteiger partial charge is 0.241 e. The molecule has 1 aliphatic heterocycles. The third-order valence-corrected chi connectivity index (χ3v) is 2.07. The van der Waals surface area contributed by atoms with Gasteiger partial charge in [-0.2, -0.15) is 0 Å². The first kappa shape index (κ1) is 13.3. The Hall–Kier alpha value is -0.740. The normalized spacial score (nSPS) is 15.8. The molecule has 4 heteroatoms. The highest BCUT2D eigenvalue weighted by Crippen LogP contribution is 2.11. The summed E-state index contributed by atoms with van der Waals surface area (Å²) in [6.45, 7) is 2.99. The molecule has 0 spiro atoms. The van der Waals surface area contributed by atoms with Gasteiger partial charge in [0.1, 0.15) is 0 Å². The molecular weight excluding hydrogens is 198 g/mol. The average molecular weight is 215 g/mol. The lowest BCUT2D eigenvalue weighted by Gasteiger charge is -1.75. The van der Waals surface area contributed by atoms with Crippen LogP contribution in [0.1, 0.15) is 19.8 Å². The van der Waals surface area contributed by atoms with Crippen molar-refractivity contribution < 1.29 is 8.98 Å². The lowest BCUT2D eigenvalue weighted by atomic mass is 10.4. The predicted molar refractivity (Wildman–Crippen MR) is 60.8 cm³/mol. The molecule has 1 rings (SSSR count). The molecule has 0 aliphatic carbocycles. The van der Waals surface area contributed by atoms with Crippen molar-refractivity contribution in [3.05, 3.63) is 24.3 Å². The summed E-state index contributed by atoms with van der Waals surface area (Å²) in [7, 11) is 0. The second-order valence-electron chi connectivity index (χ2n) is 2.60. The summed E-state index contributed by atoms with van der Waals surface area (Å²) in [5, 5.41) is 0. The third kappa shape index (κ3) is 11.3. The van der Waals surface area contributed by atoms with Crippen LogP contribution in [-0.4, -0.2) is 18.3 Å². The average Bonchev–Trinajstić information content (AvgIpc) is 2.70. The molecule has 1 fully saturated rings. The minimum Gasteiger partial charge on any atom is -0.366 e. The minimum absolute atomic E-state index is 0.407. The van der Waals surface area contributed by atoms with Gasteiger partial charge in [0.15, 0.2) is 0 Å². The van der Waals surface area contributed by atoms with Crippen molar-refractivity contribution in [3.63, 3.8) is 0 Å². The monoisotopic (exact) mass is 215 g/mol. The van der Waals surface area contributed by atoms with Crippen molar-refractivity contribution in [1.29, 1.82) is 0 Å². The molecule has 0 atom stereocenters. The summed E-state index contributed by atoms with van der Waals surface area (Å²) in [6.07, 6.45) is 8.91. The van der Waals surface area contributed by atoms with Gasteiger partial charge in [0.05, 0.1) is 6.61 Å². The Bertz CT molecular complexity index is 191. The zero-order valence-corrected chi connectivity index (χ0v) is 9.26. The van der Waals surface area contributed by atoms with Crippen LogP contribution in [-0.2, 0) is 8.98 Å². The van der Waals surface area contributed by atoms with Crippen molar-refractivity contribution >= 4 is 17.9 Å². The van der Waals surface area contributed by atoms with Crippen molar-refractivity contribution in [2.24, 2.45) is 5.73 Å². The van der Waals surface area contributed by atoms with E-state index in [1.54, 1.807) is 24.2 Å². The number of rotatable bonds is 3. The van der Waals surface area contributed by atoms with Gasteiger partial charge >= 0.3 is 0 Å². The van der Waals surface area contributed by atoms with Crippen molar-refractivity contribution in [2.45, 2.75) is 19.8 Å². The molecule has 1 heterocycles. The molecule has 3 nitrogen and oxygen atoms in total. The van der Waals surface area contributed by atoms with Crippen LogP contribution in [0.15, 0.2) is 24.3 Å². The van der Waals surface area contributed by atoms with E-state index in [0.717, 1.165) is 13.0 Å². The van der Waals surface area contributed by atoms with Crippen molar-refractivity contribution in [1.82, 2.24) is 0 Å². The lowest BCUT2D eigenvalue weighted by Crippen LogP contribution is -2.04. The molecule has 1 aliphatic rings. The van der Waals surface area contributed by atoms with Gasteiger partial charge in [-0.25, -0.2) is 0 Å². The topological polar surface area (TPSA) is 52.3 Å². The summed E-state index contributed by atoms with van der Waals surface area (Å²) >= 11 is 1.57. The van der Waals surface area contributed by atoms with E-state index < -0.39 is 5.91 Å². The quantitative estimate of drug-likeness (QED) is 0.445. The number of carbonyl (C=O) groups is 1. The molecule has 0 aromatic carbocycles. The Morgan fingerprint density at radius 1 is 1.57 bits per heavy atom. The Kier molecular flexibility index (Phi) is 9.79. The molecule has 80 valence electrons. The summed E-state index contributed by atoms with van der Waals surface area (Å²) < 4.78 is 4.86. The fourth-order valence-electron chi connectivity index (χ4n) is 0.660. The maximum Gasteiger partial charge on any atom is 0.241 e. The summed E-state index contributed by atoms with van der Waals surface area (Å²) in [5.41, 5.74) is 4.82. The second-order valence-corrected chi connectivity index (χ2v) is 3.48. The molecule has 0 unspecified atom stereocenters. The van der Waals surface area contributed by atoms with Gasteiger partial charge in [-0.05, 0) is 24.9 Å². The summed E-state index contributed by atoms with van der Waals surface area (Å²) in [5.74, 6) is 0.788. The molecular formula is C10H17NO2S. The predicted octanol–water partition coefficient (Wildman–Crippen LogP) is 2.05. The number of amides is 1. The number of carbonyl (C=O) groups excluding carboxylic acids is 1. The number of primary amides is 1. The highest BCUT2D eigenvalue weighted by molar-refractivity contribution is 7.94. The van der Waals surface area contributed by atoms with Gasteiger partial charge in [-0.1, -0.05) is 25.2 Å². The minimum atomic E-state index is -0.407. The highest BCUT2D eigenvalue weighted by Gasteiger charge is 1.96. The van der Waals surface area contributed by atoms with Crippen LogP contribution in [0, 0.1) is 0 Å². The first-order valence-electron chi connectivity index (χ1n) is 4.64. The van der Waals surface area contributed by atoms with Crippen LogP contribution in [0.25, 0.3) is 0 Å². The largest absolute Gasteiger partial charge is 0.366 e. The zero-order chi connectivity index (χ0) is 10.6. The van der Waals surface area contributed by atoms with E-state index >= 15 is 0 Å². The number of allylic oxidation sites excluding steroid dienone is 3. The van der Waals surface area contributed by atoms with Gasteiger partial charge < -0.3 is 9.92 Å². The molecule has 0 aromatic rings. The first-order chi connectivity index (χ1) is 6.77. The van der Waals surface area contributed by atoms with E-state index in [1.807, 2.05) is 13.0 Å². The Balaban J connectivity index is 0.000000280. The van der Waals surface area contributed by atoms with Gasteiger partial charge in [-0.15, -0.1) is 0 Å². The van der Waals surface area contributed by atoms with Crippen LogP contribution in [0.5, 0.6) is 0 Å². The van der Waals surface area contributed by atoms with E-state index in [0.29, 0.717) is 0 Å². The second kappa shape index (κ2) is 10.3.